The highest BCUT2D eigenvalue weighted by Crippen LogP contribution is 2.23. The van der Waals surface area contributed by atoms with E-state index in [0.29, 0.717) is 30.0 Å². The first-order valence-corrected chi connectivity index (χ1v) is 9.80. The topological polar surface area (TPSA) is 38.1 Å². The van der Waals surface area contributed by atoms with Crippen molar-refractivity contribution in [2.45, 2.75) is 40.3 Å². The van der Waals surface area contributed by atoms with Gasteiger partial charge in [-0.15, -0.1) is 0 Å². The van der Waals surface area contributed by atoms with Gasteiger partial charge in [0, 0.05) is 19.2 Å². The number of amides is 1. The van der Waals surface area contributed by atoms with Crippen LogP contribution in [0.3, 0.4) is 0 Å². The minimum atomic E-state index is -1.36. The molecule has 3 rings (SSSR count). The quantitative estimate of drug-likeness (QED) is 0.384. The van der Waals surface area contributed by atoms with Crippen molar-refractivity contribution < 1.29 is 22.4 Å². The fourth-order valence-corrected chi connectivity index (χ4v) is 3.44. The van der Waals surface area contributed by atoms with Crippen molar-refractivity contribution in [3.8, 4) is 0 Å². The number of carbonyl (C=O) groups excluding carboxylic acids is 1. The number of halogens is 4. The number of rotatable bonds is 7. The monoisotopic (exact) mass is 421 g/mol. The van der Waals surface area contributed by atoms with Gasteiger partial charge in [0.1, 0.15) is 17.2 Å². The molecule has 0 radical (unpaired) electrons. The Balaban J connectivity index is 2.04. The summed E-state index contributed by atoms with van der Waals surface area (Å²) in [6.45, 7) is 6.47. The van der Waals surface area contributed by atoms with Crippen LogP contribution in [0.2, 0.25) is 0 Å². The van der Waals surface area contributed by atoms with Crippen LogP contribution in [0.1, 0.15) is 43.4 Å². The summed E-state index contributed by atoms with van der Waals surface area (Å²) in [7, 11) is 0. The van der Waals surface area contributed by atoms with E-state index in [1.807, 2.05) is 25.3 Å². The number of fused-ring (bicyclic) bond motifs is 1. The Hall–Kier alpha value is -2.90. The molecule has 0 N–H and O–H groups in total. The molecular weight excluding hydrogens is 398 g/mol. The molecule has 1 aromatic heterocycles. The maximum absolute atomic E-state index is 14.2. The number of para-hydroxylation sites is 1. The number of imidazole rings is 1. The van der Waals surface area contributed by atoms with Crippen LogP contribution in [0.15, 0.2) is 30.3 Å². The number of carbonyl (C=O) groups is 1. The molecule has 0 saturated carbocycles. The molecule has 160 valence electrons. The molecule has 0 bridgehead atoms. The lowest BCUT2D eigenvalue weighted by molar-refractivity contribution is 0.0710. The Labute approximate surface area is 172 Å². The van der Waals surface area contributed by atoms with Gasteiger partial charge in [-0.25, -0.2) is 22.5 Å². The van der Waals surface area contributed by atoms with Crippen LogP contribution in [0, 0.1) is 29.2 Å². The van der Waals surface area contributed by atoms with Gasteiger partial charge in [-0.3, -0.25) is 4.79 Å². The molecule has 4 nitrogen and oxygen atoms in total. The second kappa shape index (κ2) is 8.85. The summed E-state index contributed by atoms with van der Waals surface area (Å²) in [5.41, 5.74) is 0.235. The average Bonchev–Trinajstić information content (AvgIpc) is 3.02. The predicted octanol–water partition coefficient (Wildman–Crippen LogP) is 5.30. The Bertz CT molecular complexity index is 1080. The third kappa shape index (κ3) is 4.32. The summed E-state index contributed by atoms with van der Waals surface area (Å²) < 4.78 is 57.2. The molecule has 3 aromatic rings. The van der Waals surface area contributed by atoms with Gasteiger partial charge < -0.3 is 9.47 Å². The van der Waals surface area contributed by atoms with Crippen molar-refractivity contribution >= 4 is 16.9 Å². The molecule has 2 aromatic carbocycles. The first-order chi connectivity index (χ1) is 14.2. The molecular formula is C22H23F4N3O. The number of aromatic nitrogens is 2. The largest absolute Gasteiger partial charge is 0.331 e. The summed E-state index contributed by atoms with van der Waals surface area (Å²) in [5.74, 6) is -4.60. The van der Waals surface area contributed by atoms with Gasteiger partial charge in [-0.05, 0) is 30.5 Å². The molecule has 0 fully saturated rings. The highest BCUT2D eigenvalue weighted by molar-refractivity contribution is 5.94. The summed E-state index contributed by atoms with van der Waals surface area (Å²) >= 11 is 0. The number of hydrogen-bond acceptors (Lipinski definition) is 2. The molecule has 0 aliphatic carbocycles. The molecule has 30 heavy (non-hydrogen) atoms. The Morgan fingerprint density at radius 2 is 1.77 bits per heavy atom. The highest BCUT2D eigenvalue weighted by atomic mass is 19.2. The molecule has 8 heteroatoms. The van der Waals surface area contributed by atoms with Crippen molar-refractivity contribution in [3.05, 3.63) is 65.0 Å². The molecule has 0 spiro atoms. The van der Waals surface area contributed by atoms with E-state index in [9.17, 15) is 22.4 Å². The van der Waals surface area contributed by atoms with Gasteiger partial charge in [0.05, 0.1) is 17.6 Å². The zero-order valence-corrected chi connectivity index (χ0v) is 17.1. The van der Waals surface area contributed by atoms with Crippen molar-refractivity contribution in [2.24, 2.45) is 5.92 Å². The zero-order chi connectivity index (χ0) is 22.0. The molecule has 1 amide bonds. The van der Waals surface area contributed by atoms with E-state index in [4.69, 9.17) is 0 Å². The van der Waals surface area contributed by atoms with Gasteiger partial charge in [0.15, 0.2) is 17.5 Å². The van der Waals surface area contributed by atoms with E-state index in [2.05, 4.69) is 4.98 Å². The predicted molar refractivity (Wildman–Crippen MR) is 106 cm³/mol. The maximum Gasteiger partial charge on any atom is 0.257 e. The van der Waals surface area contributed by atoms with Gasteiger partial charge in [-0.1, -0.05) is 26.8 Å². The summed E-state index contributed by atoms with van der Waals surface area (Å²) in [6.07, 6.45) is 0.755. The van der Waals surface area contributed by atoms with E-state index in [1.165, 1.54) is 11.0 Å². The van der Waals surface area contributed by atoms with E-state index in [-0.39, 0.29) is 24.5 Å². The van der Waals surface area contributed by atoms with Crippen molar-refractivity contribution in [2.75, 3.05) is 6.54 Å². The smallest absolute Gasteiger partial charge is 0.257 e. The van der Waals surface area contributed by atoms with Crippen LogP contribution < -0.4 is 0 Å². The van der Waals surface area contributed by atoms with E-state index in [1.54, 1.807) is 12.1 Å². The van der Waals surface area contributed by atoms with E-state index < -0.39 is 34.7 Å². The van der Waals surface area contributed by atoms with Crippen molar-refractivity contribution in [1.82, 2.24) is 14.5 Å². The van der Waals surface area contributed by atoms with Crippen molar-refractivity contribution in [1.29, 1.82) is 0 Å². The third-order valence-corrected chi connectivity index (χ3v) is 4.70. The first kappa shape index (κ1) is 21.8. The Kier molecular flexibility index (Phi) is 6.43. The Morgan fingerprint density at radius 3 is 2.43 bits per heavy atom. The van der Waals surface area contributed by atoms with E-state index in [0.717, 1.165) is 6.42 Å². The Morgan fingerprint density at radius 1 is 1.07 bits per heavy atom. The fourth-order valence-electron chi connectivity index (χ4n) is 3.44. The first-order valence-electron chi connectivity index (χ1n) is 9.80. The summed E-state index contributed by atoms with van der Waals surface area (Å²) in [5, 5.41) is 0. The second-order valence-corrected chi connectivity index (χ2v) is 7.61. The fraction of sp³-hybridized carbons (Fsp3) is 0.364. The SMILES string of the molecule is CCCn1c(CN(CC(C)C)C(=O)c2cc(F)c(F)cc2F)nc2c(F)cccc21. The van der Waals surface area contributed by atoms with Crippen molar-refractivity contribution in [3.63, 3.8) is 0 Å². The number of nitrogens with zero attached hydrogens (tertiary/aromatic N) is 3. The molecule has 0 aliphatic heterocycles. The van der Waals surface area contributed by atoms with Crippen LogP contribution in [0.25, 0.3) is 11.0 Å². The van der Waals surface area contributed by atoms with Crippen LogP contribution in [-0.2, 0) is 13.1 Å². The minimum Gasteiger partial charge on any atom is -0.331 e. The van der Waals surface area contributed by atoms with Crippen LogP contribution in [-0.4, -0.2) is 26.9 Å². The van der Waals surface area contributed by atoms with Crippen LogP contribution in [0.4, 0.5) is 17.6 Å². The zero-order valence-electron chi connectivity index (χ0n) is 17.1. The number of hydrogen-bond donors (Lipinski definition) is 0. The molecule has 0 atom stereocenters. The highest BCUT2D eigenvalue weighted by Gasteiger charge is 2.25. The van der Waals surface area contributed by atoms with E-state index >= 15 is 0 Å². The molecule has 0 unspecified atom stereocenters. The van der Waals surface area contributed by atoms with Gasteiger partial charge in [0.25, 0.3) is 5.91 Å². The van der Waals surface area contributed by atoms with Crippen LogP contribution in [0.5, 0.6) is 0 Å². The number of aryl methyl sites for hydroxylation is 1. The van der Waals surface area contributed by atoms with Gasteiger partial charge in [-0.2, -0.15) is 0 Å². The molecule has 0 aliphatic rings. The second-order valence-electron chi connectivity index (χ2n) is 7.61. The average molecular weight is 421 g/mol. The summed E-state index contributed by atoms with van der Waals surface area (Å²) in [4.78, 5) is 18.7. The third-order valence-electron chi connectivity index (χ3n) is 4.70. The summed E-state index contributed by atoms with van der Waals surface area (Å²) in [6, 6.07) is 5.56. The maximum atomic E-state index is 14.2. The number of benzene rings is 2. The lowest BCUT2D eigenvalue weighted by Gasteiger charge is -2.25. The van der Waals surface area contributed by atoms with Gasteiger partial charge >= 0.3 is 0 Å². The normalized spacial score (nSPS) is 11.5. The van der Waals surface area contributed by atoms with Gasteiger partial charge in [0.2, 0.25) is 0 Å². The molecule has 0 saturated heterocycles. The van der Waals surface area contributed by atoms with Crippen LogP contribution >= 0.6 is 0 Å². The lowest BCUT2D eigenvalue weighted by Crippen LogP contribution is -2.35. The standard InChI is InChI=1S/C22H23F4N3O/c1-4-8-29-19-7-5-6-15(23)21(19)27-20(29)12-28(11-13(2)3)22(30)14-9-17(25)18(26)10-16(14)24/h5-7,9-10,13H,4,8,11-12H2,1-3H3. The minimum absolute atomic E-state index is 0.0167. The lowest BCUT2D eigenvalue weighted by atomic mass is 10.1. The molecule has 1 heterocycles.